The molecule has 3 heterocycles. The Balaban J connectivity index is 1.64. The fraction of sp³-hybridized carbons (Fsp3) is 0.435. The topological polar surface area (TPSA) is 59.0 Å². The summed E-state index contributed by atoms with van der Waals surface area (Å²) in [6, 6.07) is 16.0. The molecule has 3 fully saturated rings. The van der Waals surface area contributed by atoms with Crippen LogP contribution in [0.4, 0.5) is 0 Å². The lowest BCUT2D eigenvalue weighted by atomic mass is 9.84. The highest BCUT2D eigenvalue weighted by Crippen LogP contribution is 2.35. The molecular formula is C23H27NO4. The zero-order chi connectivity index (χ0) is 19.6. The van der Waals surface area contributed by atoms with E-state index < -0.39 is 11.6 Å². The Morgan fingerprint density at radius 1 is 1.07 bits per heavy atom. The van der Waals surface area contributed by atoms with Gasteiger partial charge in [-0.05, 0) is 62.0 Å². The van der Waals surface area contributed by atoms with Gasteiger partial charge in [-0.25, -0.2) is 4.79 Å². The number of piperidine rings is 3. The maximum absolute atomic E-state index is 13.3. The molecule has 2 aromatic rings. The second-order valence-electron chi connectivity index (χ2n) is 7.62. The van der Waals surface area contributed by atoms with Crippen LogP contribution in [-0.2, 0) is 15.1 Å². The lowest BCUT2D eigenvalue weighted by Gasteiger charge is -2.44. The van der Waals surface area contributed by atoms with Crippen molar-refractivity contribution in [3.8, 4) is 5.75 Å². The first-order chi connectivity index (χ1) is 13.6. The second kappa shape index (κ2) is 7.94. The summed E-state index contributed by atoms with van der Waals surface area (Å²) in [7, 11) is 0. The molecule has 5 nitrogen and oxygen atoms in total. The highest BCUT2D eigenvalue weighted by molar-refractivity contribution is 5.85. The van der Waals surface area contributed by atoms with Crippen LogP contribution in [0.1, 0.15) is 30.9 Å². The van der Waals surface area contributed by atoms with Crippen LogP contribution in [0.25, 0.3) is 0 Å². The van der Waals surface area contributed by atoms with E-state index in [0.29, 0.717) is 29.4 Å². The number of carbonyl (C=O) groups is 1. The van der Waals surface area contributed by atoms with Gasteiger partial charge < -0.3 is 14.6 Å². The maximum atomic E-state index is 13.3. The van der Waals surface area contributed by atoms with E-state index in [4.69, 9.17) is 9.47 Å². The van der Waals surface area contributed by atoms with E-state index in [9.17, 15) is 9.90 Å². The monoisotopic (exact) mass is 381 g/mol. The Kier molecular flexibility index (Phi) is 5.38. The number of fused-ring (bicyclic) bond motifs is 3. The Labute approximate surface area is 165 Å². The Hall–Kier alpha value is -2.37. The predicted octanol–water partition coefficient (Wildman–Crippen LogP) is 2.96. The molecule has 0 radical (unpaired) electrons. The van der Waals surface area contributed by atoms with Gasteiger partial charge in [0.2, 0.25) is 5.60 Å². The number of carbonyl (C=O) groups excluding carboxylic acids is 1. The summed E-state index contributed by atoms with van der Waals surface area (Å²) in [6.07, 6.45) is 1.93. The van der Waals surface area contributed by atoms with E-state index in [0.717, 1.165) is 32.5 Å². The number of rotatable bonds is 6. The van der Waals surface area contributed by atoms with Gasteiger partial charge in [0.15, 0.2) is 0 Å². The van der Waals surface area contributed by atoms with E-state index >= 15 is 0 Å². The standard InChI is InChI=1S/C23H27NO4/c1-2-27-20-10-8-19(9-11-20)23(26,18-6-4-3-5-7-18)22(25)28-21-16-24-14-12-17(21)13-15-24/h3-11,17,21,26H,2,12-16H2,1H3. The smallest absolute Gasteiger partial charge is 0.348 e. The molecular weight excluding hydrogens is 354 g/mol. The van der Waals surface area contributed by atoms with Crippen LogP contribution in [0.15, 0.2) is 54.6 Å². The highest BCUT2D eigenvalue weighted by Gasteiger charge is 2.45. The van der Waals surface area contributed by atoms with Crippen molar-refractivity contribution in [2.24, 2.45) is 5.92 Å². The zero-order valence-electron chi connectivity index (χ0n) is 16.2. The van der Waals surface area contributed by atoms with Gasteiger partial charge in [-0.1, -0.05) is 42.5 Å². The van der Waals surface area contributed by atoms with E-state index in [2.05, 4.69) is 4.90 Å². The van der Waals surface area contributed by atoms with Crippen LogP contribution in [0.5, 0.6) is 5.75 Å². The molecule has 2 unspecified atom stereocenters. The summed E-state index contributed by atoms with van der Waals surface area (Å²) in [5.41, 5.74) is -0.864. The van der Waals surface area contributed by atoms with Crippen molar-refractivity contribution in [3.05, 3.63) is 65.7 Å². The van der Waals surface area contributed by atoms with E-state index in [1.807, 2.05) is 25.1 Å². The van der Waals surface area contributed by atoms with Crippen LogP contribution in [-0.4, -0.2) is 48.3 Å². The van der Waals surface area contributed by atoms with Crippen LogP contribution in [0, 0.1) is 5.92 Å². The lowest BCUT2D eigenvalue weighted by Crippen LogP contribution is -2.53. The summed E-state index contributed by atoms with van der Waals surface area (Å²) < 4.78 is 11.4. The second-order valence-corrected chi connectivity index (χ2v) is 7.62. The van der Waals surface area contributed by atoms with Gasteiger partial charge >= 0.3 is 5.97 Å². The molecule has 0 aliphatic carbocycles. The molecule has 3 saturated heterocycles. The van der Waals surface area contributed by atoms with E-state index in [-0.39, 0.29) is 6.10 Å². The van der Waals surface area contributed by atoms with E-state index in [1.54, 1.807) is 36.4 Å². The Morgan fingerprint density at radius 2 is 1.71 bits per heavy atom. The number of benzene rings is 2. The lowest BCUT2D eigenvalue weighted by molar-refractivity contribution is -0.177. The predicted molar refractivity (Wildman–Crippen MR) is 106 cm³/mol. The number of hydrogen-bond acceptors (Lipinski definition) is 5. The molecule has 0 spiro atoms. The SMILES string of the molecule is CCOc1ccc(C(O)(C(=O)OC2CN3CCC2CC3)c2ccccc2)cc1. The van der Waals surface area contributed by atoms with Gasteiger partial charge in [0.25, 0.3) is 0 Å². The summed E-state index contributed by atoms with van der Waals surface area (Å²) in [5.74, 6) is 0.475. The summed E-state index contributed by atoms with van der Waals surface area (Å²) in [4.78, 5) is 15.6. The molecule has 0 amide bonds. The fourth-order valence-electron chi connectivity index (χ4n) is 4.31. The molecule has 148 valence electrons. The molecule has 5 heteroatoms. The van der Waals surface area contributed by atoms with Gasteiger partial charge in [-0.3, -0.25) is 4.90 Å². The molecule has 2 bridgehead atoms. The van der Waals surface area contributed by atoms with Gasteiger partial charge in [0.1, 0.15) is 11.9 Å². The quantitative estimate of drug-likeness (QED) is 0.780. The number of aliphatic hydroxyl groups is 1. The van der Waals surface area contributed by atoms with Crippen molar-refractivity contribution in [2.45, 2.75) is 31.5 Å². The van der Waals surface area contributed by atoms with Crippen molar-refractivity contribution >= 4 is 5.97 Å². The van der Waals surface area contributed by atoms with Crippen molar-refractivity contribution < 1.29 is 19.4 Å². The molecule has 3 aliphatic rings. The average Bonchev–Trinajstić information content (AvgIpc) is 2.75. The first-order valence-electron chi connectivity index (χ1n) is 10.1. The van der Waals surface area contributed by atoms with Gasteiger partial charge in [-0.15, -0.1) is 0 Å². The molecule has 28 heavy (non-hydrogen) atoms. The number of hydrogen-bond donors (Lipinski definition) is 1. The molecule has 0 saturated carbocycles. The largest absolute Gasteiger partial charge is 0.494 e. The molecule has 5 rings (SSSR count). The van der Waals surface area contributed by atoms with Crippen LogP contribution in [0.2, 0.25) is 0 Å². The molecule has 0 aromatic heterocycles. The van der Waals surface area contributed by atoms with Crippen LogP contribution in [0.3, 0.4) is 0 Å². The minimum Gasteiger partial charge on any atom is -0.494 e. The third-order valence-corrected chi connectivity index (χ3v) is 5.92. The summed E-state index contributed by atoms with van der Waals surface area (Å²) in [5, 5.41) is 11.6. The summed E-state index contributed by atoms with van der Waals surface area (Å²) >= 11 is 0. The first kappa shape index (κ1) is 19.0. The fourth-order valence-corrected chi connectivity index (χ4v) is 4.31. The number of esters is 1. The van der Waals surface area contributed by atoms with Gasteiger partial charge in [-0.2, -0.15) is 0 Å². The number of nitrogens with zero attached hydrogens (tertiary/aromatic N) is 1. The maximum Gasteiger partial charge on any atom is 0.348 e. The summed E-state index contributed by atoms with van der Waals surface area (Å²) in [6.45, 7) is 5.37. The van der Waals surface area contributed by atoms with Crippen LogP contribution < -0.4 is 4.74 Å². The highest BCUT2D eigenvalue weighted by atomic mass is 16.6. The third-order valence-electron chi connectivity index (χ3n) is 5.92. The van der Waals surface area contributed by atoms with E-state index in [1.165, 1.54) is 0 Å². The normalized spacial score (nSPS) is 25.7. The Morgan fingerprint density at radius 3 is 2.29 bits per heavy atom. The van der Waals surface area contributed by atoms with Crippen molar-refractivity contribution in [1.82, 2.24) is 4.90 Å². The number of ether oxygens (including phenoxy) is 2. The van der Waals surface area contributed by atoms with Gasteiger partial charge in [0, 0.05) is 6.54 Å². The third kappa shape index (κ3) is 3.52. The first-order valence-corrected chi connectivity index (χ1v) is 10.1. The van der Waals surface area contributed by atoms with Crippen LogP contribution >= 0.6 is 0 Å². The van der Waals surface area contributed by atoms with Gasteiger partial charge in [0.05, 0.1) is 6.61 Å². The molecule has 2 atom stereocenters. The van der Waals surface area contributed by atoms with Crippen molar-refractivity contribution in [2.75, 3.05) is 26.2 Å². The Bertz CT molecular complexity index is 799. The van der Waals surface area contributed by atoms with Crippen molar-refractivity contribution in [1.29, 1.82) is 0 Å². The van der Waals surface area contributed by atoms with Crippen molar-refractivity contribution in [3.63, 3.8) is 0 Å². The minimum absolute atomic E-state index is 0.159. The zero-order valence-corrected chi connectivity index (χ0v) is 16.2. The molecule has 2 aromatic carbocycles. The molecule has 3 aliphatic heterocycles. The molecule has 1 N–H and O–H groups in total. The minimum atomic E-state index is -1.85. The average molecular weight is 381 g/mol.